The fourth-order valence-electron chi connectivity index (χ4n) is 1.46. The molecular formula is C15H15BrN2. The van der Waals surface area contributed by atoms with Gasteiger partial charge >= 0.3 is 0 Å². The van der Waals surface area contributed by atoms with Crippen LogP contribution in [0, 0.1) is 11.3 Å². The summed E-state index contributed by atoms with van der Waals surface area (Å²) in [6.07, 6.45) is 2.43. The van der Waals surface area contributed by atoms with Gasteiger partial charge in [-0.05, 0) is 29.8 Å². The van der Waals surface area contributed by atoms with Crippen LogP contribution >= 0.6 is 15.9 Å². The minimum Gasteiger partial charge on any atom is -0.261 e. The van der Waals surface area contributed by atoms with Crippen LogP contribution in [-0.2, 0) is 6.42 Å². The van der Waals surface area contributed by atoms with Gasteiger partial charge in [0.1, 0.15) is 0 Å². The Morgan fingerprint density at radius 3 is 2.44 bits per heavy atom. The van der Waals surface area contributed by atoms with Gasteiger partial charge in [0.05, 0.1) is 11.6 Å². The topological polar surface area (TPSA) is 36.7 Å². The second kappa shape index (κ2) is 7.62. The number of aromatic nitrogens is 1. The Bertz CT molecular complexity index is 527. The van der Waals surface area contributed by atoms with Crippen LogP contribution < -0.4 is 0 Å². The van der Waals surface area contributed by atoms with Gasteiger partial charge in [0.15, 0.2) is 0 Å². The molecule has 0 saturated heterocycles. The van der Waals surface area contributed by atoms with Crippen LogP contribution in [0.2, 0.25) is 0 Å². The van der Waals surface area contributed by atoms with Crippen molar-refractivity contribution in [1.82, 2.24) is 4.98 Å². The fraction of sp³-hybridized carbons (Fsp3) is 0.200. The minimum absolute atomic E-state index is 0.655. The van der Waals surface area contributed by atoms with E-state index in [4.69, 9.17) is 5.26 Å². The fourth-order valence-corrected chi connectivity index (χ4v) is 1.72. The summed E-state index contributed by atoms with van der Waals surface area (Å²) in [7, 11) is 0. The molecule has 0 bridgehead atoms. The lowest BCUT2D eigenvalue weighted by Gasteiger charge is -2.01. The molecule has 0 aliphatic heterocycles. The number of hydrogen-bond donors (Lipinski definition) is 0. The summed E-state index contributed by atoms with van der Waals surface area (Å²) in [5, 5.41) is 8.78. The predicted octanol–water partition coefficient (Wildman–Crippen LogP) is 4.33. The van der Waals surface area contributed by atoms with Crippen molar-refractivity contribution >= 4 is 15.9 Å². The monoisotopic (exact) mass is 302 g/mol. The third-order valence-corrected chi connectivity index (χ3v) is 2.77. The average molecular weight is 303 g/mol. The Labute approximate surface area is 116 Å². The van der Waals surface area contributed by atoms with E-state index in [-0.39, 0.29) is 0 Å². The van der Waals surface area contributed by atoms with Crippen LogP contribution in [0.25, 0.3) is 0 Å². The molecule has 18 heavy (non-hydrogen) atoms. The zero-order valence-electron chi connectivity index (χ0n) is 10.5. The summed E-state index contributed by atoms with van der Waals surface area (Å²) in [6, 6.07) is 13.7. The van der Waals surface area contributed by atoms with Crippen LogP contribution in [0.15, 0.2) is 47.1 Å². The molecule has 2 rings (SSSR count). The minimum atomic E-state index is 0.655. The van der Waals surface area contributed by atoms with Crippen molar-refractivity contribution in [2.45, 2.75) is 20.3 Å². The number of hydrogen-bond acceptors (Lipinski definition) is 2. The van der Waals surface area contributed by atoms with E-state index < -0.39 is 0 Å². The maximum absolute atomic E-state index is 8.78. The largest absolute Gasteiger partial charge is 0.261 e. The molecule has 0 fully saturated rings. The summed E-state index contributed by atoms with van der Waals surface area (Å²) in [6.45, 7) is 4.00. The number of halogens is 1. The van der Waals surface area contributed by atoms with Gasteiger partial charge in [0.25, 0.3) is 0 Å². The number of benzene rings is 1. The van der Waals surface area contributed by atoms with Gasteiger partial charge in [0, 0.05) is 22.8 Å². The Balaban J connectivity index is 0.000000771. The Hall–Kier alpha value is -1.66. The Morgan fingerprint density at radius 1 is 1.17 bits per heavy atom. The molecule has 2 nitrogen and oxygen atoms in total. The van der Waals surface area contributed by atoms with Gasteiger partial charge in [-0.2, -0.15) is 5.26 Å². The molecule has 1 aromatic carbocycles. The molecule has 0 saturated carbocycles. The molecular weight excluding hydrogens is 288 g/mol. The van der Waals surface area contributed by atoms with E-state index in [2.05, 4.69) is 27.0 Å². The molecule has 1 aromatic heterocycles. The van der Waals surface area contributed by atoms with E-state index >= 15 is 0 Å². The van der Waals surface area contributed by atoms with Crippen LogP contribution in [0.3, 0.4) is 0 Å². The highest BCUT2D eigenvalue weighted by Gasteiger charge is 1.99. The van der Waals surface area contributed by atoms with Crippen molar-refractivity contribution in [2.24, 2.45) is 0 Å². The van der Waals surface area contributed by atoms with Gasteiger partial charge < -0.3 is 0 Å². The van der Waals surface area contributed by atoms with Crippen LogP contribution in [-0.4, -0.2) is 4.98 Å². The van der Waals surface area contributed by atoms with Crippen LogP contribution in [0.5, 0.6) is 0 Å². The van der Waals surface area contributed by atoms with Gasteiger partial charge in [-0.25, -0.2) is 0 Å². The van der Waals surface area contributed by atoms with Crippen molar-refractivity contribution in [3.63, 3.8) is 0 Å². The SMILES string of the molecule is CC.N#Cc1ccnc(Cc2ccc(Br)cc2)c1. The zero-order valence-corrected chi connectivity index (χ0v) is 12.1. The molecule has 0 N–H and O–H groups in total. The molecule has 0 radical (unpaired) electrons. The highest BCUT2D eigenvalue weighted by atomic mass is 79.9. The van der Waals surface area contributed by atoms with Crippen molar-refractivity contribution in [1.29, 1.82) is 5.26 Å². The summed E-state index contributed by atoms with van der Waals surface area (Å²) in [5.41, 5.74) is 2.76. The predicted molar refractivity (Wildman–Crippen MR) is 77.2 cm³/mol. The van der Waals surface area contributed by atoms with Crippen LogP contribution in [0.1, 0.15) is 30.7 Å². The Morgan fingerprint density at radius 2 is 1.83 bits per heavy atom. The van der Waals surface area contributed by atoms with Crippen molar-refractivity contribution < 1.29 is 0 Å². The summed E-state index contributed by atoms with van der Waals surface area (Å²) >= 11 is 3.40. The van der Waals surface area contributed by atoms with Crippen molar-refractivity contribution in [3.8, 4) is 6.07 Å². The van der Waals surface area contributed by atoms with E-state index in [0.717, 1.165) is 16.6 Å². The van der Waals surface area contributed by atoms with Crippen molar-refractivity contribution in [3.05, 3.63) is 63.9 Å². The molecule has 0 aliphatic carbocycles. The maximum atomic E-state index is 8.78. The highest BCUT2D eigenvalue weighted by molar-refractivity contribution is 9.10. The molecule has 0 spiro atoms. The molecule has 1 heterocycles. The number of pyridine rings is 1. The third kappa shape index (κ3) is 4.31. The third-order valence-electron chi connectivity index (χ3n) is 2.24. The van der Waals surface area contributed by atoms with E-state index in [1.807, 2.05) is 44.2 Å². The van der Waals surface area contributed by atoms with Gasteiger partial charge in [-0.1, -0.05) is 41.9 Å². The first-order valence-electron chi connectivity index (χ1n) is 5.87. The van der Waals surface area contributed by atoms with Crippen LogP contribution in [0.4, 0.5) is 0 Å². The molecule has 0 unspecified atom stereocenters. The molecule has 92 valence electrons. The van der Waals surface area contributed by atoms with E-state index in [0.29, 0.717) is 5.56 Å². The lowest BCUT2D eigenvalue weighted by atomic mass is 10.1. The quantitative estimate of drug-likeness (QED) is 0.828. The normalized spacial score (nSPS) is 9.00. The number of nitrogens with zero attached hydrogens (tertiary/aromatic N) is 2. The zero-order chi connectivity index (χ0) is 13.4. The standard InChI is InChI=1S/C13H9BrN2.C2H6/c14-12-3-1-10(2-4-12)7-13-8-11(9-15)5-6-16-13;1-2/h1-6,8H,7H2;1-2H3. The molecule has 0 aliphatic rings. The van der Waals surface area contributed by atoms with Crippen molar-refractivity contribution in [2.75, 3.05) is 0 Å². The average Bonchev–Trinajstić information content (AvgIpc) is 2.44. The molecule has 0 amide bonds. The first kappa shape index (κ1) is 14.4. The second-order valence-electron chi connectivity index (χ2n) is 3.45. The van der Waals surface area contributed by atoms with Gasteiger partial charge in [-0.3, -0.25) is 4.98 Å². The highest BCUT2D eigenvalue weighted by Crippen LogP contribution is 2.13. The van der Waals surface area contributed by atoms with E-state index in [1.54, 1.807) is 12.3 Å². The van der Waals surface area contributed by atoms with Gasteiger partial charge in [0.2, 0.25) is 0 Å². The van der Waals surface area contributed by atoms with Gasteiger partial charge in [-0.15, -0.1) is 0 Å². The first-order valence-corrected chi connectivity index (χ1v) is 6.67. The number of rotatable bonds is 2. The lowest BCUT2D eigenvalue weighted by molar-refractivity contribution is 1.07. The summed E-state index contributed by atoms with van der Waals surface area (Å²) in [4.78, 5) is 4.24. The molecule has 2 aromatic rings. The summed E-state index contributed by atoms with van der Waals surface area (Å²) < 4.78 is 1.06. The first-order chi connectivity index (χ1) is 8.78. The second-order valence-corrected chi connectivity index (χ2v) is 4.37. The lowest BCUT2D eigenvalue weighted by Crippen LogP contribution is -1.92. The number of nitriles is 1. The molecule has 0 atom stereocenters. The van der Waals surface area contributed by atoms with E-state index in [9.17, 15) is 0 Å². The summed E-state index contributed by atoms with van der Waals surface area (Å²) in [5.74, 6) is 0. The van der Waals surface area contributed by atoms with E-state index in [1.165, 1.54) is 5.56 Å². The molecule has 3 heteroatoms. The smallest absolute Gasteiger partial charge is 0.0992 e. The maximum Gasteiger partial charge on any atom is 0.0992 e. The Kier molecular flexibility index (Phi) is 6.10.